The van der Waals surface area contributed by atoms with Gasteiger partial charge < -0.3 is 16.2 Å². The van der Waals surface area contributed by atoms with Gasteiger partial charge in [0.2, 0.25) is 5.91 Å². The van der Waals surface area contributed by atoms with Gasteiger partial charge in [-0.2, -0.15) is 0 Å². The van der Waals surface area contributed by atoms with E-state index in [4.69, 9.17) is 10.8 Å². The maximum absolute atomic E-state index is 11.5. The number of aliphatic carboxylic acids is 1. The van der Waals surface area contributed by atoms with Crippen LogP contribution >= 0.6 is 0 Å². The van der Waals surface area contributed by atoms with Crippen molar-refractivity contribution in [3.05, 3.63) is 0 Å². The fourth-order valence-electron chi connectivity index (χ4n) is 1.31. The van der Waals surface area contributed by atoms with E-state index in [1.54, 1.807) is 13.8 Å². The Hall–Kier alpha value is -1.10. The third-order valence-electron chi connectivity index (χ3n) is 2.91. The first-order chi connectivity index (χ1) is 7.42. The number of hydrogen-bond acceptors (Lipinski definition) is 3. The highest BCUT2D eigenvalue weighted by Gasteiger charge is 2.21. The summed E-state index contributed by atoms with van der Waals surface area (Å²) in [5, 5.41) is 11.5. The average Bonchev–Trinajstić information content (AvgIpc) is 2.24. The van der Waals surface area contributed by atoms with Crippen LogP contribution < -0.4 is 11.1 Å². The molecule has 4 N–H and O–H groups in total. The summed E-state index contributed by atoms with van der Waals surface area (Å²) >= 11 is 0. The first-order valence-electron chi connectivity index (χ1n) is 5.64. The van der Waals surface area contributed by atoms with Gasteiger partial charge in [-0.15, -0.1) is 0 Å². The summed E-state index contributed by atoms with van der Waals surface area (Å²) in [7, 11) is 0. The van der Waals surface area contributed by atoms with Gasteiger partial charge in [0.1, 0.15) is 0 Å². The molecule has 5 heteroatoms. The lowest BCUT2D eigenvalue weighted by atomic mass is 10.0. The van der Waals surface area contributed by atoms with Crippen molar-refractivity contribution in [1.29, 1.82) is 0 Å². The SMILES string of the molecule is CCC(CN)CC(=O)NC(C)C(C)C(=O)O. The highest BCUT2D eigenvalue weighted by atomic mass is 16.4. The fraction of sp³-hybridized carbons (Fsp3) is 0.818. The molecule has 0 aromatic rings. The number of nitrogens with two attached hydrogens (primary N) is 1. The van der Waals surface area contributed by atoms with E-state index < -0.39 is 11.9 Å². The van der Waals surface area contributed by atoms with Crippen LogP contribution in [0.4, 0.5) is 0 Å². The summed E-state index contributed by atoms with van der Waals surface area (Å²) in [6, 6.07) is -0.361. The van der Waals surface area contributed by atoms with Crippen molar-refractivity contribution in [3.63, 3.8) is 0 Å². The standard InChI is InChI=1S/C11H22N2O3/c1-4-9(6-12)5-10(14)13-8(3)7(2)11(15)16/h7-9H,4-6,12H2,1-3H3,(H,13,14)(H,15,16). The van der Waals surface area contributed by atoms with Gasteiger partial charge in [-0.05, 0) is 26.3 Å². The lowest BCUT2D eigenvalue weighted by Crippen LogP contribution is -2.41. The molecule has 16 heavy (non-hydrogen) atoms. The number of carboxylic acid groups (broad SMARTS) is 1. The number of hydrogen-bond donors (Lipinski definition) is 3. The van der Waals surface area contributed by atoms with Gasteiger partial charge in [0.05, 0.1) is 5.92 Å². The average molecular weight is 230 g/mol. The van der Waals surface area contributed by atoms with E-state index in [0.717, 1.165) is 6.42 Å². The van der Waals surface area contributed by atoms with E-state index in [-0.39, 0.29) is 17.9 Å². The zero-order valence-corrected chi connectivity index (χ0v) is 10.2. The molecule has 0 bridgehead atoms. The van der Waals surface area contributed by atoms with Crippen LogP contribution in [-0.2, 0) is 9.59 Å². The van der Waals surface area contributed by atoms with E-state index in [0.29, 0.717) is 13.0 Å². The van der Waals surface area contributed by atoms with Crippen LogP contribution in [0.3, 0.4) is 0 Å². The van der Waals surface area contributed by atoms with Gasteiger partial charge in [-0.1, -0.05) is 13.3 Å². The molecule has 0 aliphatic heterocycles. The van der Waals surface area contributed by atoms with Gasteiger partial charge >= 0.3 is 5.97 Å². The summed E-state index contributed by atoms with van der Waals surface area (Å²) < 4.78 is 0. The normalized spacial score (nSPS) is 16.2. The van der Waals surface area contributed by atoms with Crippen LogP contribution in [-0.4, -0.2) is 29.6 Å². The van der Waals surface area contributed by atoms with Crippen LogP contribution in [0, 0.1) is 11.8 Å². The summed E-state index contributed by atoms with van der Waals surface area (Å²) in [5.41, 5.74) is 5.50. The highest BCUT2D eigenvalue weighted by molar-refractivity contribution is 5.78. The van der Waals surface area contributed by atoms with Crippen LogP contribution in [0.2, 0.25) is 0 Å². The molecule has 0 saturated carbocycles. The quantitative estimate of drug-likeness (QED) is 0.596. The van der Waals surface area contributed by atoms with Crippen LogP contribution in [0.15, 0.2) is 0 Å². The topological polar surface area (TPSA) is 92.4 Å². The molecule has 3 unspecified atom stereocenters. The van der Waals surface area contributed by atoms with Crippen LogP contribution in [0.5, 0.6) is 0 Å². The molecule has 0 fully saturated rings. The van der Waals surface area contributed by atoms with Gasteiger partial charge in [0, 0.05) is 12.5 Å². The van der Waals surface area contributed by atoms with Crippen LogP contribution in [0.1, 0.15) is 33.6 Å². The Bertz CT molecular complexity index is 239. The predicted octanol–water partition coefficient (Wildman–Crippen LogP) is 0.587. The van der Waals surface area contributed by atoms with E-state index in [9.17, 15) is 9.59 Å². The lowest BCUT2D eigenvalue weighted by molar-refractivity contribution is -0.142. The lowest BCUT2D eigenvalue weighted by Gasteiger charge is -2.19. The second-order valence-corrected chi connectivity index (χ2v) is 4.20. The van der Waals surface area contributed by atoms with Gasteiger partial charge in [0.15, 0.2) is 0 Å². The number of carboxylic acids is 1. The summed E-state index contributed by atoms with van der Waals surface area (Å²) in [6.45, 7) is 5.73. The summed E-state index contributed by atoms with van der Waals surface area (Å²) in [4.78, 5) is 22.2. The van der Waals surface area contributed by atoms with E-state index in [2.05, 4.69) is 5.32 Å². The number of rotatable bonds is 7. The van der Waals surface area contributed by atoms with Gasteiger partial charge in [-0.25, -0.2) is 0 Å². The van der Waals surface area contributed by atoms with Crippen molar-refractivity contribution in [2.24, 2.45) is 17.6 Å². The largest absolute Gasteiger partial charge is 0.481 e. The zero-order chi connectivity index (χ0) is 12.7. The molecular formula is C11H22N2O3. The molecule has 1 amide bonds. The first kappa shape index (κ1) is 14.9. The Morgan fingerprint density at radius 1 is 1.38 bits per heavy atom. The maximum atomic E-state index is 11.5. The molecule has 0 heterocycles. The summed E-state index contributed by atoms with van der Waals surface area (Å²) in [5.74, 6) is -1.44. The molecule has 0 spiro atoms. The Morgan fingerprint density at radius 2 is 1.94 bits per heavy atom. The van der Waals surface area contributed by atoms with Crippen molar-refractivity contribution in [2.45, 2.75) is 39.7 Å². The second kappa shape index (κ2) is 7.22. The Balaban J connectivity index is 4.09. The molecule has 0 saturated heterocycles. The second-order valence-electron chi connectivity index (χ2n) is 4.20. The number of carbonyl (C=O) groups excluding carboxylic acids is 1. The minimum atomic E-state index is -0.904. The first-order valence-corrected chi connectivity index (χ1v) is 5.64. The van der Waals surface area contributed by atoms with Crippen molar-refractivity contribution in [3.8, 4) is 0 Å². The molecule has 0 rings (SSSR count). The number of amides is 1. The maximum Gasteiger partial charge on any atom is 0.308 e. The minimum absolute atomic E-state index is 0.127. The number of carbonyl (C=O) groups is 2. The van der Waals surface area contributed by atoms with Crippen molar-refractivity contribution in [2.75, 3.05) is 6.54 Å². The molecule has 3 atom stereocenters. The minimum Gasteiger partial charge on any atom is -0.481 e. The Morgan fingerprint density at radius 3 is 2.31 bits per heavy atom. The molecule has 0 aliphatic rings. The van der Waals surface area contributed by atoms with E-state index in [1.807, 2.05) is 6.92 Å². The van der Waals surface area contributed by atoms with Gasteiger partial charge in [0.25, 0.3) is 0 Å². The van der Waals surface area contributed by atoms with E-state index in [1.165, 1.54) is 0 Å². The van der Waals surface area contributed by atoms with Crippen molar-refractivity contribution < 1.29 is 14.7 Å². The van der Waals surface area contributed by atoms with Crippen molar-refractivity contribution in [1.82, 2.24) is 5.32 Å². The molecule has 94 valence electrons. The predicted molar refractivity (Wildman–Crippen MR) is 61.9 cm³/mol. The molecule has 0 radical (unpaired) electrons. The van der Waals surface area contributed by atoms with E-state index >= 15 is 0 Å². The van der Waals surface area contributed by atoms with Crippen molar-refractivity contribution >= 4 is 11.9 Å². The smallest absolute Gasteiger partial charge is 0.308 e. The van der Waals surface area contributed by atoms with Crippen LogP contribution in [0.25, 0.3) is 0 Å². The summed E-state index contributed by atoms with van der Waals surface area (Å²) in [6.07, 6.45) is 1.22. The molecular weight excluding hydrogens is 208 g/mol. The molecule has 0 aromatic heterocycles. The number of nitrogens with one attached hydrogen (secondary N) is 1. The van der Waals surface area contributed by atoms with Gasteiger partial charge in [-0.3, -0.25) is 9.59 Å². The third-order valence-corrected chi connectivity index (χ3v) is 2.91. The molecule has 5 nitrogen and oxygen atoms in total. The molecule has 0 aromatic carbocycles. The Labute approximate surface area is 96.4 Å². The molecule has 0 aliphatic carbocycles. The monoisotopic (exact) mass is 230 g/mol. The zero-order valence-electron chi connectivity index (χ0n) is 10.2. The fourth-order valence-corrected chi connectivity index (χ4v) is 1.31. The highest BCUT2D eigenvalue weighted by Crippen LogP contribution is 2.07. The third kappa shape index (κ3) is 5.11. The Kier molecular flexibility index (Phi) is 6.72.